The number of hydrogen-bond donors (Lipinski definition) is 2. The lowest BCUT2D eigenvalue weighted by Gasteiger charge is -2.05. The zero-order valence-corrected chi connectivity index (χ0v) is 6.12. The molecule has 1 atom stereocenters. The summed E-state index contributed by atoms with van der Waals surface area (Å²) in [5.74, 6) is -1.11. The maximum absolute atomic E-state index is 11.4. The molecule has 0 aromatic rings. The van der Waals surface area contributed by atoms with Gasteiger partial charge in [0.2, 0.25) is 0 Å². The molecule has 5 heteroatoms. The first kappa shape index (κ1) is 10.3. The summed E-state index contributed by atoms with van der Waals surface area (Å²) in [6.07, 6.45) is 0.284. The van der Waals surface area contributed by atoms with Crippen LogP contribution in [0.2, 0.25) is 0 Å². The molecule has 0 unspecified atom stereocenters. The minimum atomic E-state index is -1.11. The molecule has 0 aliphatic rings. The molecule has 0 radical (unpaired) electrons. The van der Waals surface area contributed by atoms with Gasteiger partial charge in [0.25, 0.3) is 0 Å². The second-order valence-corrected chi connectivity index (χ2v) is 2.06. The molecule has 0 heterocycles. The van der Waals surface area contributed by atoms with E-state index < -0.39 is 18.7 Å². The topological polar surface area (TPSA) is 72.5 Å². The van der Waals surface area contributed by atoms with Crippen LogP contribution in [0.25, 0.3) is 0 Å². The van der Waals surface area contributed by atoms with Crippen LogP contribution in [0.15, 0.2) is 0 Å². The van der Waals surface area contributed by atoms with E-state index in [1.165, 1.54) is 0 Å². The minimum absolute atomic E-state index is 0.0602. The fraction of sp³-hybridized carbons (Fsp3) is 0.833. The molecule has 66 valence electrons. The molecule has 0 aromatic carbocycles. The highest BCUT2D eigenvalue weighted by molar-refractivity contribution is 5.73. The van der Waals surface area contributed by atoms with E-state index in [1.54, 1.807) is 0 Å². The normalized spacial score (nSPS) is 12.9. The van der Waals surface area contributed by atoms with Crippen LogP contribution in [0.4, 0.5) is 4.39 Å². The third-order valence-electron chi connectivity index (χ3n) is 1.04. The van der Waals surface area contributed by atoms with Crippen molar-refractivity contribution in [2.75, 3.05) is 19.9 Å². The van der Waals surface area contributed by atoms with Gasteiger partial charge in [0, 0.05) is 6.61 Å². The SMILES string of the molecule is N[C@@H](COCCCF)C(=O)O. The van der Waals surface area contributed by atoms with Gasteiger partial charge in [0.15, 0.2) is 0 Å². The van der Waals surface area contributed by atoms with Crippen molar-refractivity contribution >= 4 is 5.97 Å². The van der Waals surface area contributed by atoms with E-state index in [0.29, 0.717) is 0 Å². The Morgan fingerprint density at radius 1 is 1.73 bits per heavy atom. The van der Waals surface area contributed by atoms with Crippen LogP contribution in [0.3, 0.4) is 0 Å². The number of ether oxygens (including phenoxy) is 1. The Hall–Kier alpha value is -0.680. The van der Waals surface area contributed by atoms with Gasteiger partial charge in [-0.05, 0) is 6.42 Å². The molecular weight excluding hydrogens is 153 g/mol. The number of rotatable bonds is 6. The number of carboxylic acid groups (broad SMARTS) is 1. The summed E-state index contributed by atoms with van der Waals surface area (Å²) in [7, 11) is 0. The molecule has 0 amide bonds. The molecule has 4 nitrogen and oxygen atoms in total. The molecule has 0 aromatic heterocycles. The first-order chi connectivity index (χ1) is 5.18. The third-order valence-corrected chi connectivity index (χ3v) is 1.04. The summed E-state index contributed by atoms with van der Waals surface area (Å²) in [5.41, 5.74) is 5.08. The van der Waals surface area contributed by atoms with Gasteiger partial charge in [-0.15, -0.1) is 0 Å². The Balaban J connectivity index is 3.17. The number of carboxylic acids is 1. The standard InChI is InChI=1S/C6H12FNO3/c7-2-1-3-11-4-5(8)6(9)10/h5H,1-4,8H2,(H,9,10)/t5-/m0/s1. The quantitative estimate of drug-likeness (QED) is 0.533. The number of carbonyl (C=O) groups is 1. The number of aliphatic carboxylic acids is 1. The Morgan fingerprint density at radius 2 is 2.36 bits per heavy atom. The van der Waals surface area contributed by atoms with Crippen LogP contribution in [-0.4, -0.2) is 37.0 Å². The smallest absolute Gasteiger partial charge is 0.322 e. The highest BCUT2D eigenvalue weighted by Crippen LogP contribution is 1.86. The molecule has 0 aliphatic heterocycles. The van der Waals surface area contributed by atoms with Crippen molar-refractivity contribution in [2.24, 2.45) is 5.73 Å². The van der Waals surface area contributed by atoms with Gasteiger partial charge >= 0.3 is 5.97 Å². The number of hydrogen-bond acceptors (Lipinski definition) is 3. The van der Waals surface area contributed by atoms with Crippen LogP contribution in [0.1, 0.15) is 6.42 Å². The molecule has 0 saturated heterocycles. The van der Waals surface area contributed by atoms with E-state index in [2.05, 4.69) is 0 Å². The maximum Gasteiger partial charge on any atom is 0.322 e. The summed E-state index contributed by atoms with van der Waals surface area (Å²) < 4.78 is 16.2. The second-order valence-electron chi connectivity index (χ2n) is 2.06. The predicted molar refractivity (Wildman–Crippen MR) is 37.0 cm³/mol. The fourth-order valence-corrected chi connectivity index (χ4v) is 0.438. The molecule has 0 spiro atoms. The Bertz CT molecular complexity index is 120. The Morgan fingerprint density at radius 3 is 2.82 bits per heavy atom. The largest absolute Gasteiger partial charge is 0.480 e. The third kappa shape index (κ3) is 5.75. The van der Waals surface area contributed by atoms with Gasteiger partial charge in [-0.25, -0.2) is 0 Å². The monoisotopic (exact) mass is 165 g/mol. The van der Waals surface area contributed by atoms with E-state index in [4.69, 9.17) is 15.6 Å². The summed E-state index contributed by atoms with van der Waals surface area (Å²) in [6.45, 7) is -0.297. The summed E-state index contributed by atoms with van der Waals surface area (Å²) >= 11 is 0. The van der Waals surface area contributed by atoms with E-state index >= 15 is 0 Å². The van der Waals surface area contributed by atoms with Gasteiger partial charge in [-0.2, -0.15) is 0 Å². The summed E-state index contributed by atoms with van der Waals surface area (Å²) in [6, 6.07) is -1.00. The van der Waals surface area contributed by atoms with Crippen LogP contribution in [-0.2, 0) is 9.53 Å². The number of nitrogens with two attached hydrogens (primary N) is 1. The van der Waals surface area contributed by atoms with E-state index in [9.17, 15) is 9.18 Å². The van der Waals surface area contributed by atoms with Crippen molar-refractivity contribution in [3.63, 3.8) is 0 Å². The van der Waals surface area contributed by atoms with Crippen molar-refractivity contribution in [3.05, 3.63) is 0 Å². The van der Waals surface area contributed by atoms with E-state index in [0.717, 1.165) is 0 Å². The van der Waals surface area contributed by atoms with Crippen LogP contribution < -0.4 is 5.73 Å². The van der Waals surface area contributed by atoms with Gasteiger partial charge in [-0.3, -0.25) is 9.18 Å². The van der Waals surface area contributed by atoms with Gasteiger partial charge in [0.05, 0.1) is 13.3 Å². The van der Waals surface area contributed by atoms with Gasteiger partial charge in [0.1, 0.15) is 6.04 Å². The fourth-order valence-electron chi connectivity index (χ4n) is 0.438. The Labute approximate surface area is 64.1 Å². The van der Waals surface area contributed by atoms with Crippen LogP contribution >= 0.6 is 0 Å². The highest BCUT2D eigenvalue weighted by atomic mass is 19.1. The molecular formula is C6H12FNO3. The Kier molecular flexibility index (Phi) is 5.68. The molecule has 0 rings (SSSR count). The van der Waals surface area contributed by atoms with Crippen molar-refractivity contribution in [3.8, 4) is 0 Å². The first-order valence-corrected chi connectivity index (χ1v) is 3.30. The van der Waals surface area contributed by atoms with Crippen molar-refractivity contribution in [2.45, 2.75) is 12.5 Å². The lowest BCUT2D eigenvalue weighted by Crippen LogP contribution is -2.35. The first-order valence-electron chi connectivity index (χ1n) is 3.30. The molecule has 0 aliphatic carbocycles. The molecule has 0 bridgehead atoms. The summed E-state index contributed by atoms with van der Waals surface area (Å²) in [4.78, 5) is 10.1. The lowest BCUT2D eigenvalue weighted by atomic mass is 10.3. The minimum Gasteiger partial charge on any atom is -0.480 e. The highest BCUT2D eigenvalue weighted by Gasteiger charge is 2.10. The van der Waals surface area contributed by atoms with Crippen molar-refractivity contribution in [1.82, 2.24) is 0 Å². The zero-order valence-electron chi connectivity index (χ0n) is 6.12. The van der Waals surface area contributed by atoms with Crippen LogP contribution in [0, 0.1) is 0 Å². The maximum atomic E-state index is 11.4. The van der Waals surface area contributed by atoms with Gasteiger partial charge in [-0.1, -0.05) is 0 Å². The van der Waals surface area contributed by atoms with E-state index in [1.807, 2.05) is 0 Å². The van der Waals surface area contributed by atoms with Crippen LogP contribution in [0.5, 0.6) is 0 Å². The number of alkyl halides is 1. The molecule has 0 saturated carbocycles. The van der Waals surface area contributed by atoms with Crippen molar-refractivity contribution < 1.29 is 19.0 Å². The second kappa shape index (κ2) is 6.06. The average Bonchev–Trinajstić information content (AvgIpc) is 1.97. The lowest BCUT2D eigenvalue weighted by molar-refractivity contribution is -0.140. The molecule has 0 fully saturated rings. The van der Waals surface area contributed by atoms with Crippen molar-refractivity contribution in [1.29, 1.82) is 0 Å². The van der Waals surface area contributed by atoms with E-state index in [-0.39, 0.29) is 19.6 Å². The number of halogens is 1. The average molecular weight is 165 g/mol. The zero-order chi connectivity index (χ0) is 8.69. The summed E-state index contributed by atoms with van der Waals surface area (Å²) in [5, 5.41) is 8.26. The molecule has 3 N–H and O–H groups in total. The predicted octanol–water partition coefficient (Wildman–Crippen LogP) is -0.226. The van der Waals surface area contributed by atoms with Gasteiger partial charge < -0.3 is 15.6 Å². The molecule has 11 heavy (non-hydrogen) atoms.